The van der Waals surface area contributed by atoms with Gasteiger partial charge in [0, 0.05) is 0 Å². The molecule has 1 heterocycles. The van der Waals surface area contributed by atoms with E-state index in [0.29, 0.717) is 16.1 Å². The highest BCUT2D eigenvalue weighted by Gasteiger charge is 2.13. The number of benzene rings is 1. The number of rotatable bonds is 1. The number of halogens is 2. The lowest BCUT2D eigenvalue weighted by molar-refractivity contribution is 0.0601. The Morgan fingerprint density at radius 1 is 1.60 bits per heavy atom. The molecule has 0 radical (unpaired) electrons. The largest absolute Gasteiger partial charge is 0.465 e. The van der Waals surface area contributed by atoms with E-state index in [9.17, 15) is 4.79 Å². The summed E-state index contributed by atoms with van der Waals surface area (Å²) in [5.74, 6) is -0.420. The first-order valence-corrected chi connectivity index (χ1v) is 5.50. The fraction of sp³-hybridized carbons (Fsp3) is 0.111. The van der Waals surface area contributed by atoms with Crippen LogP contribution in [0.15, 0.2) is 12.1 Å². The van der Waals surface area contributed by atoms with Gasteiger partial charge in [0.05, 0.1) is 28.6 Å². The maximum Gasteiger partial charge on any atom is 0.337 e. The summed E-state index contributed by atoms with van der Waals surface area (Å²) in [5, 5.41) is 8.15. The average Bonchev–Trinajstić information content (AvgIpc) is 2.59. The topological polar surface area (TPSA) is 55.0 Å². The smallest absolute Gasteiger partial charge is 0.337 e. The molecule has 2 aromatic rings. The van der Waals surface area contributed by atoms with E-state index in [1.54, 1.807) is 12.1 Å². The molecule has 0 saturated heterocycles. The number of methoxy groups -OCH3 is 1. The van der Waals surface area contributed by atoms with E-state index in [0.717, 1.165) is 9.09 Å². The number of ether oxygens (including phenoxy) is 1. The number of esters is 1. The molecule has 1 N–H and O–H groups in total. The highest BCUT2D eigenvalue weighted by molar-refractivity contribution is 14.1. The van der Waals surface area contributed by atoms with Gasteiger partial charge >= 0.3 is 5.97 Å². The summed E-state index contributed by atoms with van der Waals surface area (Å²) >= 11 is 8.14. The molecule has 0 aliphatic heterocycles. The van der Waals surface area contributed by atoms with E-state index >= 15 is 0 Å². The zero-order chi connectivity index (χ0) is 11.0. The van der Waals surface area contributed by atoms with Crippen LogP contribution in [0.1, 0.15) is 10.4 Å². The van der Waals surface area contributed by atoms with Gasteiger partial charge in [-0.2, -0.15) is 5.10 Å². The molecule has 0 spiro atoms. The molecule has 0 atom stereocenters. The van der Waals surface area contributed by atoms with Crippen molar-refractivity contribution < 1.29 is 9.53 Å². The summed E-state index contributed by atoms with van der Waals surface area (Å²) in [6.45, 7) is 0. The zero-order valence-corrected chi connectivity index (χ0v) is 10.6. The number of H-pyrrole nitrogens is 1. The first kappa shape index (κ1) is 10.7. The van der Waals surface area contributed by atoms with Crippen LogP contribution >= 0.6 is 34.2 Å². The molecule has 0 aliphatic carbocycles. The molecule has 0 saturated carbocycles. The third-order valence-corrected chi connectivity index (χ3v) is 3.06. The Bertz CT molecular complexity index is 538. The minimum Gasteiger partial charge on any atom is -0.465 e. The van der Waals surface area contributed by atoms with E-state index in [1.165, 1.54) is 7.11 Å². The molecule has 0 unspecified atom stereocenters. The van der Waals surface area contributed by atoms with Crippen LogP contribution in [-0.2, 0) is 4.74 Å². The van der Waals surface area contributed by atoms with Gasteiger partial charge in [0.2, 0.25) is 0 Å². The standard InChI is InChI=1S/C9H6ClIN2O2/c1-15-9(14)4-2-5(10)7-6(3-4)12-13-8(7)11/h2-3H,1H3,(H,12,13). The number of hydrogen-bond donors (Lipinski definition) is 1. The van der Waals surface area contributed by atoms with E-state index in [1.807, 2.05) is 0 Å². The Morgan fingerprint density at radius 2 is 2.33 bits per heavy atom. The number of nitrogens with zero attached hydrogens (tertiary/aromatic N) is 1. The van der Waals surface area contributed by atoms with Gasteiger partial charge in [0.25, 0.3) is 0 Å². The predicted octanol–water partition coefficient (Wildman–Crippen LogP) is 2.61. The van der Waals surface area contributed by atoms with E-state index in [-0.39, 0.29) is 0 Å². The number of carbonyl (C=O) groups excluding carboxylic acids is 1. The second-order valence-corrected chi connectivity index (χ2v) is 4.37. The second kappa shape index (κ2) is 3.97. The Morgan fingerprint density at radius 3 is 3.00 bits per heavy atom. The van der Waals surface area contributed by atoms with Crippen LogP contribution in [0.5, 0.6) is 0 Å². The van der Waals surface area contributed by atoms with Crippen molar-refractivity contribution in [1.82, 2.24) is 10.2 Å². The van der Waals surface area contributed by atoms with Crippen LogP contribution in [0.2, 0.25) is 5.02 Å². The molecule has 4 nitrogen and oxygen atoms in total. The lowest BCUT2D eigenvalue weighted by Gasteiger charge is -2.00. The van der Waals surface area contributed by atoms with Gasteiger partial charge in [0.1, 0.15) is 3.70 Å². The highest BCUT2D eigenvalue weighted by atomic mass is 127. The number of fused-ring (bicyclic) bond motifs is 1. The predicted molar refractivity (Wildman–Crippen MR) is 65.2 cm³/mol. The van der Waals surface area contributed by atoms with Gasteiger partial charge in [-0.3, -0.25) is 5.10 Å². The van der Waals surface area contributed by atoms with Crippen LogP contribution in [0.25, 0.3) is 10.9 Å². The minimum atomic E-state index is -0.420. The Labute approximate surface area is 104 Å². The van der Waals surface area contributed by atoms with Crippen LogP contribution in [0.3, 0.4) is 0 Å². The normalized spacial score (nSPS) is 10.6. The summed E-state index contributed by atoms with van der Waals surface area (Å²) in [6.07, 6.45) is 0. The lowest BCUT2D eigenvalue weighted by Crippen LogP contribution is -2.00. The average molecular weight is 337 g/mol. The van der Waals surface area contributed by atoms with Crippen LogP contribution < -0.4 is 0 Å². The van der Waals surface area contributed by atoms with Gasteiger partial charge in [-0.05, 0) is 34.7 Å². The monoisotopic (exact) mass is 336 g/mol. The van der Waals surface area contributed by atoms with Crippen molar-refractivity contribution in [2.24, 2.45) is 0 Å². The van der Waals surface area contributed by atoms with Crippen molar-refractivity contribution >= 4 is 51.1 Å². The van der Waals surface area contributed by atoms with Crippen LogP contribution in [0.4, 0.5) is 0 Å². The zero-order valence-electron chi connectivity index (χ0n) is 7.67. The SMILES string of the molecule is COC(=O)c1cc(Cl)c2c(I)[nH]nc2c1. The number of nitrogens with one attached hydrogen (secondary N) is 1. The minimum absolute atomic E-state index is 0.401. The van der Waals surface area contributed by atoms with Crippen molar-refractivity contribution in [1.29, 1.82) is 0 Å². The Kier molecular flexibility index (Phi) is 2.83. The number of aromatic amines is 1. The van der Waals surface area contributed by atoms with Crippen LogP contribution in [0, 0.1) is 3.70 Å². The maximum atomic E-state index is 11.3. The number of hydrogen-bond acceptors (Lipinski definition) is 3. The molecular weight excluding hydrogens is 330 g/mol. The van der Waals surface area contributed by atoms with Crippen molar-refractivity contribution in [3.8, 4) is 0 Å². The van der Waals surface area contributed by atoms with Gasteiger partial charge in [-0.1, -0.05) is 11.6 Å². The third-order valence-electron chi connectivity index (χ3n) is 1.98. The molecule has 0 fully saturated rings. The maximum absolute atomic E-state index is 11.3. The molecule has 0 bridgehead atoms. The summed E-state index contributed by atoms with van der Waals surface area (Å²) in [5.41, 5.74) is 1.06. The highest BCUT2D eigenvalue weighted by Crippen LogP contribution is 2.27. The molecule has 1 aromatic carbocycles. The fourth-order valence-electron chi connectivity index (χ4n) is 1.30. The van der Waals surface area contributed by atoms with Crippen molar-refractivity contribution in [3.05, 3.63) is 26.4 Å². The molecule has 15 heavy (non-hydrogen) atoms. The van der Waals surface area contributed by atoms with Gasteiger partial charge in [0.15, 0.2) is 0 Å². The molecular formula is C9H6ClIN2O2. The first-order chi connectivity index (χ1) is 7.13. The fourth-order valence-corrected chi connectivity index (χ4v) is 2.45. The van der Waals surface area contributed by atoms with Gasteiger partial charge in [-0.15, -0.1) is 0 Å². The van der Waals surface area contributed by atoms with Gasteiger partial charge in [-0.25, -0.2) is 4.79 Å². The van der Waals surface area contributed by atoms with E-state index in [2.05, 4.69) is 37.5 Å². The van der Waals surface area contributed by atoms with Crippen molar-refractivity contribution in [2.45, 2.75) is 0 Å². The second-order valence-electron chi connectivity index (χ2n) is 2.88. The number of aromatic nitrogens is 2. The van der Waals surface area contributed by atoms with E-state index in [4.69, 9.17) is 11.6 Å². The third kappa shape index (κ3) is 1.81. The van der Waals surface area contributed by atoms with E-state index < -0.39 is 5.97 Å². The number of carbonyl (C=O) groups is 1. The summed E-state index contributed by atoms with van der Waals surface area (Å²) < 4.78 is 5.46. The molecule has 1 aromatic heterocycles. The van der Waals surface area contributed by atoms with Crippen molar-refractivity contribution in [2.75, 3.05) is 7.11 Å². The molecule has 6 heteroatoms. The van der Waals surface area contributed by atoms with Crippen LogP contribution in [-0.4, -0.2) is 23.3 Å². The molecule has 78 valence electrons. The first-order valence-electron chi connectivity index (χ1n) is 4.05. The summed E-state index contributed by atoms with van der Waals surface area (Å²) in [6, 6.07) is 3.22. The Hall–Kier alpha value is -0.820. The quantitative estimate of drug-likeness (QED) is 0.643. The molecule has 0 amide bonds. The summed E-state index contributed by atoms with van der Waals surface area (Å²) in [7, 11) is 1.33. The summed E-state index contributed by atoms with van der Waals surface area (Å²) in [4.78, 5) is 11.3. The van der Waals surface area contributed by atoms with Crippen molar-refractivity contribution in [3.63, 3.8) is 0 Å². The molecule has 2 rings (SSSR count). The Balaban J connectivity index is 2.68. The lowest BCUT2D eigenvalue weighted by atomic mass is 10.2. The van der Waals surface area contributed by atoms with Gasteiger partial charge < -0.3 is 4.74 Å². The molecule has 0 aliphatic rings.